The van der Waals surface area contributed by atoms with Crippen molar-refractivity contribution in [3.05, 3.63) is 17.5 Å². The summed E-state index contributed by atoms with van der Waals surface area (Å²) in [6.45, 7) is 5.65. The number of nitrogens with zero attached hydrogens (tertiary/aromatic N) is 3. The Kier molecular flexibility index (Phi) is 4.54. The Morgan fingerprint density at radius 2 is 2.08 bits per heavy atom. The van der Waals surface area contributed by atoms with Gasteiger partial charge in [-0.25, -0.2) is 8.42 Å². The molecule has 1 aromatic rings. The Labute approximate surface area is 152 Å². The van der Waals surface area contributed by atoms with Gasteiger partial charge in [0, 0.05) is 25.7 Å². The van der Waals surface area contributed by atoms with Crippen LogP contribution in [0.15, 0.2) is 10.6 Å². The molecule has 0 radical (unpaired) electrons. The maximum absolute atomic E-state index is 12.7. The molecule has 144 valence electrons. The first kappa shape index (κ1) is 17.9. The van der Waals surface area contributed by atoms with Crippen LogP contribution in [0.3, 0.4) is 0 Å². The van der Waals surface area contributed by atoms with Gasteiger partial charge in [-0.1, -0.05) is 5.16 Å². The minimum atomic E-state index is -3.28. The first-order chi connectivity index (χ1) is 12.4. The quantitative estimate of drug-likeness (QED) is 0.675. The monoisotopic (exact) mass is 385 g/mol. The molecule has 0 saturated carbocycles. The largest absolute Gasteiger partial charge is 0.379 e. The first-order valence-corrected chi connectivity index (χ1v) is 10.5. The number of amides is 1. The summed E-state index contributed by atoms with van der Waals surface area (Å²) in [6, 6.07) is 1.57. The molecule has 26 heavy (non-hydrogen) atoms. The van der Waals surface area contributed by atoms with Gasteiger partial charge in [-0.2, -0.15) is 0 Å². The van der Waals surface area contributed by atoms with E-state index in [1.807, 2.05) is 0 Å². The second-order valence-corrected chi connectivity index (χ2v) is 9.60. The fraction of sp³-hybridized carbons (Fsp3) is 0.750. The van der Waals surface area contributed by atoms with E-state index >= 15 is 0 Å². The van der Waals surface area contributed by atoms with Crippen LogP contribution in [0.5, 0.6) is 0 Å². The van der Waals surface area contributed by atoms with Crippen LogP contribution in [0.1, 0.15) is 16.2 Å². The summed E-state index contributed by atoms with van der Waals surface area (Å²) in [6.07, 6.45) is 0. The third-order valence-corrected chi connectivity index (χ3v) is 7.43. The number of aryl methyl sites for hydroxylation is 1. The number of hydrogen-bond acceptors (Lipinski definition) is 8. The van der Waals surface area contributed by atoms with Gasteiger partial charge in [0.1, 0.15) is 11.4 Å². The summed E-state index contributed by atoms with van der Waals surface area (Å²) >= 11 is 0. The minimum Gasteiger partial charge on any atom is -0.379 e. The minimum absolute atomic E-state index is 0.0450. The number of rotatable bonds is 3. The van der Waals surface area contributed by atoms with Gasteiger partial charge in [-0.05, 0) is 6.92 Å². The van der Waals surface area contributed by atoms with Crippen LogP contribution in [0, 0.1) is 6.92 Å². The van der Waals surface area contributed by atoms with Crippen LogP contribution < -0.4 is 0 Å². The third kappa shape index (κ3) is 3.38. The number of hydrogen-bond donors (Lipinski definition) is 0. The topological polar surface area (TPSA) is 102 Å². The van der Waals surface area contributed by atoms with E-state index in [-0.39, 0.29) is 37.1 Å². The first-order valence-electron chi connectivity index (χ1n) is 8.75. The second-order valence-electron chi connectivity index (χ2n) is 7.32. The normalized spacial score (nSPS) is 28.0. The van der Waals surface area contributed by atoms with Crippen molar-refractivity contribution in [3.63, 3.8) is 0 Å². The van der Waals surface area contributed by atoms with E-state index in [4.69, 9.17) is 14.0 Å². The summed E-state index contributed by atoms with van der Waals surface area (Å²) in [7, 11) is -3.28. The van der Waals surface area contributed by atoms with Crippen LogP contribution in [0.25, 0.3) is 0 Å². The highest BCUT2D eigenvalue weighted by atomic mass is 32.2. The fourth-order valence-electron chi connectivity index (χ4n) is 3.74. The lowest BCUT2D eigenvalue weighted by molar-refractivity contribution is -0.122. The molecule has 1 atom stereocenters. The maximum atomic E-state index is 12.7. The molecule has 3 aliphatic heterocycles. The molecule has 0 aromatic carbocycles. The Hall–Kier alpha value is -1.49. The molecule has 4 rings (SSSR count). The van der Waals surface area contributed by atoms with Gasteiger partial charge in [0.05, 0.1) is 43.9 Å². The van der Waals surface area contributed by atoms with Crippen molar-refractivity contribution in [2.75, 3.05) is 58.3 Å². The molecule has 0 unspecified atom stereocenters. The molecule has 3 saturated heterocycles. The molecule has 0 aliphatic carbocycles. The SMILES string of the molecule is Cc1cc(C(=O)N2CC3(C2)CS(=O)(=O)[C@@H](CN2CCOCC2)CO3)no1. The predicted octanol–water partition coefficient (Wildman–Crippen LogP) is -0.677. The molecule has 1 aromatic heterocycles. The van der Waals surface area contributed by atoms with Crippen LogP contribution >= 0.6 is 0 Å². The average molecular weight is 385 g/mol. The number of carbonyl (C=O) groups is 1. The molecule has 0 N–H and O–H groups in total. The standard InChI is InChI=1S/C16H23N3O6S/c1-12-6-14(17-25-12)15(20)19-9-16(10-19)11-26(21,22)13(8-24-16)7-18-2-4-23-5-3-18/h6,13H,2-5,7-11H2,1H3/t13-/m0/s1. The molecule has 9 nitrogen and oxygen atoms in total. The Bertz CT molecular complexity index is 780. The zero-order valence-corrected chi connectivity index (χ0v) is 15.5. The van der Waals surface area contributed by atoms with Crippen molar-refractivity contribution in [3.8, 4) is 0 Å². The van der Waals surface area contributed by atoms with Gasteiger partial charge in [0.2, 0.25) is 0 Å². The number of ether oxygens (including phenoxy) is 2. The molecule has 3 aliphatic rings. The smallest absolute Gasteiger partial charge is 0.276 e. The van der Waals surface area contributed by atoms with Crippen molar-refractivity contribution >= 4 is 15.7 Å². The molecule has 4 heterocycles. The Balaban J connectivity index is 1.35. The van der Waals surface area contributed by atoms with E-state index < -0.39 is 20.7 Å². The van der Waals surface area contributed by atoms with Crippen molar-refractivity contribution in [2.45, 2.75) is 17.8 Å². The molecular formula is C16H23N3O6S. The van der Waals surface area contributed by atoms with Gasteiger partial charge < -0.3 is 18.9 Å². The third-order valence-electron chi connectivity index (χ3n) is 5.21. The number of morpholine rings is 1. The number of likely N-dealkylation sites (tertiary alicyclic amines) is 1. The molecule has 10 heteroatoms. The number of carbonyl (C=O) groups excluding carboxylic acids is 1. The van der Waals surface area contributed by atoms with Crippen LogP contribution in [-0.4, -0.2) is 98.4 Å². The van der Waals surface area contributed by atoms with Gasteiger partial charge in [0.25, 0.3) is 5.91 Å². The molecular weight excluding hydrogens is 362 g/mol. The lowest BCUT2D eigenvalue weighted by Gasteiger charge is -2.52. The van der Waals surface area contributed by atoms with E-state index in [2.05, 4.69) is 10.1 Å². The number of aromatic nitrogens is 1. The van der Waals surface area contributed by atoms with Crippen LogP contribution in [-0.2, 0) is 19.3 Å². The van der Waals surface area contributed by atoms with Crippen molar-refractivity contribution in [1.82, 2.24) is 15.0 Å². The van der Waals surface area contributed by atoms with Crippen molar-refractivity contribution in [2.24, 2.45) is 0 Å². The van der Waals surface area contributed by atoms with E-state index in [0.29, 0.717) is 25.5 Å². The Morgan fingerprint density at radius 1 is 1.35 bits per heavy atom. The van der Waals surface area contributed by atoms with Crippen LogP contribution in [0.2, 0.25) is 0 Å². The summed E-state index contributed by atoms with van der Waals surface area (Å²) in [5.74, 6) is 0.256. The average Bonchev–Trinajstić information content (AvgIpc) is 3.01. The molecule has 0 bridgehead atoms. The second kappa shape index (κ2) is 6.59. The van der Waals surface area contributed by atoms with E-state index in [1.54, 1.807) is 17.9 Å². The highest BCUT2D eigenvalue weighted by molar-refractivity contribution is 7.92. The zero-order chi connectivity index (χ0) is 18.4. The van der Waals surface area contributed by atoms with Gasteiger partial charge in [0.15, 0.2) is 15.5 Å². The lowest BCUT2D eigenvalue weighted by atomic mass is 9.95. The van der Waals surface area contributed by atoms with E-state index in [1.165, 1.54) is 0 Å². The summed E-state index contributed by atoms with van der Waals surface area (Å²) in [4.78, 5) is 16.0. The summed E-state index contributed by atoms with van der Waals surface area (Å²) < 4.78 is 41.7. The van der Waals surface area contributed by atoms with Crippen molar-refractivity contribution < 1.29 is 27.2 Å². The molecule has 1 amide bonds. The molecule has 1 spiro atoms. The van der Waals surface area contributed by atoms with Gasteiger partial charge >= 0.3 is 0 Å². The van der Waals surface area contributed by atoms with Crippen LogP contribution in [0.4, 0.5) is 0 Å². The van der Waals surface area contributed by atoms with E-state index in [9.17, 15) is 13.2 Å². The summed E-state index contributed by atoms with van der Waals surface area (Å²) in [5.41, 5.74) is -0.546. The van der Waals surface area contributed by atoms with Gasteiger partial charge in [-0.3, -0.25) is 9.69 Å². The Morgan fingerprint density at radius 3 is 2.69 bits per heavy atom. The van der Waals surface area contributed by atoms with Gasteiger partial charge in [-0.15, -0.1) is 0 Å². The van der Waals surface area contributed by atoms with E-state index in [0.717, 1.165) is 13.1 Å². The highest BCUT2D eigenvalue weighted by Crippen LogP contribution is 2.33. The number of sulfone groups is 1. The highest BCUT2D eigenvalue weighted by Gasteiger charge is 2.54. The maximum Gasteiger partial charge on any atom is 0.276 e. The fourth-order valence-corrected chi connectivity index (χ4v) is 5.69. The van der Waals surface area contributed by atoms with Crippen molar-refractivity contribution in [1.29, 1.82) is 0 Å². The lowest BCUT2D eigenvalue weighted by Crippen LogP contribution is -2.71. The molecule has 3 fully saturated rings. The predicted molar refractivity (Wildman–Crippen MR) is 90.7 cm³/mol. The zero-order valence-electron chi connectivity index (χ0n) is 14.7. The summed E-state index contributed by atoms with van der Waals surface area (Å²) in [5, 5.41) is 3.20.